The van der Waals surface area contributed by atoms with Crippen LogP contribution in [0.3, 0.4) is 0 Å². The molecule has 0 saturated heterocycles. The van der Waals surface area contributed by atoms with E-state index in [1.165, 1.54) is 271 Å². The van der Waals surface area contributed by atoms with Gasteiger partial charge in [-0.25, -0.2) is 0 Å². The topological polar surface area (TPSA) is 19.7 Å². The molecule has 14 aromatic heterocycles. The monoisotopic (exact) mass is 1690 g/mol. The molecule has 0 radical (unpaired) electrons. The highest BCUT2D eigenvalue weighted by atomic mass is 32.1. The Morgan fingerprint density at radius 1 is 0.169 bits per heavy atom. The summed E-state index contributed by atoms with van der Waals surface area (Å²) in [5.41, 5.74) is 30.6. The third-order valence-corrected chi connectivity index (χ3v) is 36.9. The number of nitrogens with zero attached hydrogens (tertiary/aromatic N) is 4. The van der Waals surface area contributed by atoms with Crippen LogP contribution in [0.2, 0.25) is 0 Å². The van der Waals surface area contributed by atoms with Gasteiger partial charge < -0.3 is 18.3 Å². The molecule has 14 heteroatoms. The minimum Gasteiger partial charge on any atom is -0.307 e. The van der Waals surface area contributed by atoms with Crippen LogP contribution in [0.15, 0.2) is 267 Å². The van der Waals surface area contributed by atoms with Crippen molar-refractivity contribution in [2.45, 2.75) is 55.4 Å². The molecule has 0 atom stereocenters. The molecule has 0 aliphatic carbocycles. The molecule has 564 valence electrons. The molecule has 4 nitrogen and oxygen atoms in total. The minimum absolute atomic E-state index is 1.20. The maximum Gasteiger partial charge on any atom is 0.0829 e. The summed E-state index contributed by atoms with van der Waals surface area (Å²) in [4.78, 5) is 5.32. The van der Waals surface area contributed by atoms with Crippen LogP contribution in [0.25, 0.3) is 227 Å². The molecule has 0 bridgehead atoms. The van der Waals surface area contributed by atoms with Gasteiger partial charge in [-0.3, -0.25) is 0 Å². The van der Waals surface area contributed by atoms with Gasteiger partial charge in [0.15, 0.2) is 0 Å². The zero-order valence-corrected chi connectivity index (χ0v) is 73.4. The van der Waals surface area contributed by atoms with Gasteiger partial charge in [0.2, 0.25) is 0 Å². The summed E-state index contributed by atoms with van der Waals surface area (Å²) in [6, 6.07) is 101. The zero-order chi connectivity index (χ0) is 78.5. The highest BCUT2D eigenvalue weighted by Gasteiger charge is 2.30. The standard InChI is InChI=1S/C54H36N2S4.C50H32N2S6/c1-29-7-17-39(18-8-29)55-43-25-42-44(26-41(43)51-49(55)53-47(59-51)27-45(57-53)37-15-13-33-21-31(3)5-11-35(33)23-37)56(40-19-9-30(2)10-20-40)50-52(42)60-48-28-46(58-54(48)50)38-16-14-34-22-32(4)6-12-36(34)24-38;1-25-5-13-29(14-6-25)37-23-39-45(53-37)49-47(55-39)41-43(57-49)33-21-36-34(22-35(33)51(41)31-17-9-27(3)10-18-31)44-42(52(36)32-19-11-28(4)12-20-32)48-50(58-44)46-40(56-48)24-38(54-46)30-15-7-26(2)8-16-30/h5-28H,1-4H3;5-24H,1-4H3. The minimum atomic E-state index is 1.20. The van der Waals surface area contributed by atoms with E-state index in [1.54, 1.807) is 0 Å². The predicted molar refractivity (Wildman–Crippen MR) is 529 cm³/mol. The van der Waals surface area contributed by atoms with Crippen molar-refractivity contribution in [3.63, 3.8) is 0 Å². The summed E-state index contributed by atoms with van der Waals surface area (Å²) in [6.45, 7) is 17.4. The van der Waals surface area contributed by atoms with Gasteiger partial charge in [-0.2, -0.15) is 0 Å². The van der Waals surface area contributed by atoms with Crippen LogP contribution in [-0.4, -0.2) is 18.3 Å². The van der Waals surface area contributed by atoms with Crippen LogP contribution < -0.4 is 0 Å². The Morgan fingerprint density at radius 3 is 0.737 bits per heavy atom. The van der Waals surface area contributed by atoms with E-state index >= 15 is 0 Å². The maximum absolute atomic E-state index is 2.57. The third-order valence-electron chi connectivity index (χ3n) is 24.1. The van der Waals surface area contributed by atoms with Gasteiger partial charge in [-0.05, 0) is 208 Å². The van der Waals surface area contributed by atoms with Crippen LogP contribution in [0, 0.1) is 55.4 Å². The number of benzene rings is 12. The molecule has 26 rings (SSSR count). The van der Waals surface area contributed by atoms with Crippen molar-refractivity contribution in [2.24, 2.45) is 0 Å². The first kappa shape index (κ1) is 70.0. The number of hydrogen-bond donors (Lipinski definition) is 0. The van der Waals surface area contributed by atoms with Crippen molar-refractivity contribution in [1.82, 2.24) is 18.3 Å². The molecule has 0 fully saturated rings. The van der Waals surface area contributed by atoms with Gasteiger partial charge >= 0.3 is 0 Å². The van der Waals surface area contributed by atoms with E-state index < -0.39 is 0 Å². The molecule has 0 amide bonds. The van der Waals surface area contributed by atoms with Crippen LogP contribution in [-0.2, 0) is 0 Å². The SMILES string of the molecule is Cc1ccc(-c2cc3sc4c(sc5c6cc7c(cc6n(-c6ccc(C)cc6)c54)c4sc5c6sc(-c8ccc(C)cc8)cc6sc5c4n7-c4ccc(C)cc4)c3s2)cc1.Cc1ccc(-n2c3cc4c5sc6cc(-c7ccc8cc(C)ccc8c7)sc6c5n(-c5ccc(C)cc5)c4cc3c3sc4cc(-c5ccc6cc(C)ccc6c5)sc4c32)cc1. The van der Waals surface area contributed by atoms with Crippen LogP contribution in [0.5, 0.6) is 0 Å². The average molecular weight is 1690 g/mol. The Morgan fingerprint density at radius 2 is 0.407 bits per heavy atom. The Kier molecular flexibility index (Phi) is 15.5. The Hall–Kier alpha value is -11.1. The second kappa shape index (κ2) is 26.2. The van der Waals surface area contributed by atoms with E-state index in [0.717, 1.165) is 0 Å². The molecule has 0 saturated carbocycles. The second-order valence-corrected chi connectivity index (χ2v) is 42.6. The van der Waals surface area contributed by atoms with Gasteiger partial charge in [0.25, 0.3) is 0 Å². The van der Waals surface area contributed by atoms with E-state index in [2.05, 4.69) is 341 Å². The summed E-state index contributed by atoms with van der Waals surface area (Å²) in [6.07, 6.45) is 0. The first-order valence-corrected chi connectivity index (χ1v) is 47.9. The van der Waals surface area contributed by atoms with Crippen molar-refractivity contribution in [1.29, 1.82) is 0 Å². The summed E-state index contributed by atoms with van der Waals surface area (Å²) in [5.74, 6) is 0. The lowest BCUT2D eigenvalue weighted by molar-refractivity contribution is 1.18. The van der Waals surface area contributed by atoms with Crippen molar-refractivity contribution >= 4 is 276 Å². The molecule has 12 aromatic carbocycles. The van der Waals surface area contributed by atoms with E-state index in [1.807, 2.05) is 113 Å². The Labute approximate surface area is 718 Å². The lowest BCUT2D eigenvalue weighted by Gasteiger charge is -2.10. The first-order chi connectivity index (χ1) is 57.6. The quantitative estimate of drug-likeness (QED) is 0.144. The van der Waals surface area contributed by atoms with E-state index in [9.17, 15) is 0 Å². The fourth-order valence-electron chi connectivity index (χ4n) is 18.0. The fraction of sp³-hybridized carbons (Fsp3) is 0.0769. The molecule has 14 heterocycles. The highest BCUT2D eigenvalue weighted by molar-refractivity contribution is 7.43. The predicted octanol–water partition coefficient (Wildman–Crippen LogP) is 34.7. The number of fused-ring (bicyclic) bond motifs is 26. The van der Waals surface area contributed by atoms with Crippen molar-refractivity contribution in [3.05, 3.63) is 311 Å². The fourth-order valence-corrected chi connectivity index (χ4v) is 31.8. The molecular formula is C104H68N4S10. The van der Waals surface area contributed by atoms with Crippen LogP contribution in [0.1, 0.15) is 44.5 Å². The molecule has 0 N–H and O–H groups in total. The van der Waals surface area contributed by atoms with Crippen LogP contribution in [0.4, 0.5) is 0 Å². The number of thiophene rings is 10. The van der Waals surface area contributed by atoms with Crippen LogP contribution >= 0.6 is 113 Å². The lowest BCUT2D eigenvalue weighted by Crippen LogP contribution is -1.95. The van der Waals surface area contributed by atoms with Crippen molar-refractivity contribution in [3.8, 4) is 64.5 Å². The van der Waals surface area contributed by atoms with Gasteiger partial charge in [0, 0.05) is 82.6 Å². The summed E-state index contributed by atoms with van der Waals surface area (Å²) >= 11 is 19.5. The zero-order valence-electron chi connectivity index (χ0n) is 65.3. The molecule has 118 heavy (non-hydrogen) atoms. The molecule has 0 unspecified atom stereocenters. The smallest absolute Gasteiger partial charge is 0.0829 e. The second-order valence-electron chi connectivity index (χ2n) is 32.2. The van der Waals surface area contributed by atoms with E-state index in [4.69, 9.17) is 0 Å². The normalized spacial score (nSPS) is 12.4. The van der Waals surface area contributed by atoms with Crippen molar-refractivity contribution < 1.29 is 0 Å². The van der Waals surface area contributed by atoms with Crippen molar-refractivity contribution in [2.75, 3.05) is 0 Å². The summed E-state index contributed by atoms with van der Waals surface area (Å²) in [7, 11) is 0. The number of hydrogen-bond acceptors (Lipinski definition) is 10. The van der Waals surface area contributed by atoms with E-state index in [0.29, 0.717) is 0 Å². The molecule has 0 spiro atoms. The van der Waals surface area contributed by atoms with E-state index in [-0.39, 0.29) is 0 Å². The largest absolute Gasteiger partial charge is 0.307 e. The number of rotatable bonds is 8. The average Bonchev–Trinajstić information content (AvgIpc) is 1.53. The van der Waals surface area contributed by atoms with Gasteiger partial charge in [-0.1, -0.05) is 202 Å². The highest BCUT2D eigenvalue weighted by Crippen LogP contribution is 2.58. The number of aromatic nitrogens is 4. The van der Waals surface area contributed by atoms with Gasteiger partial charge in [0.05, 0.1) is 101 Å². The lowest BCUT2D eigenvalue weighted by atomic mass is 10.0. The summed E-state index contributed by atoms with van der Waals surface area (Å²) in [5, 5.41) is 10.4. The molecule has 0 aliphatic heterocycles. The Bertz CT molecular complexity index is 8220. The first-order valence-electron chi connectivity index (χ1n) is 39.8. The van der Waals surface area contributed by atoms with Gasteiger partial charge in [0.1, 0.15) is 0 Å². The molecule has 26 aromatic rings. The Balaban J connectivity index is 0.000000132. The maximum atomic E-state index is 2.57. The summed E-state index contributed by atoms with van der Waals surface area (Å²) < 4.78 is 32.3. The molecular weight excluding hydrogens is 1630 g/mol. The third kappa shape index (κ3) is 10.7. The molecule has 0 aliphatic rings. The number of aryl methyl sites for hydroxylation is 8. The van der Waals surface area contributed by atoms with Gasteiger partial charge in [-0.15, -0.1) is 113 Å².